The second kappa shape index (κ2) is 5.88. The molecule has 21 heavy (non-hydrogen) atoms. The Labute approximate surface area is 119 Å². The van der Waals surface area contributed by atoms with Crippen LogP contribution >= 0.6 is 0 Å². The highest BCUT2D eigenvalue weighted by Crippen LogP contribution is 2.24. The van der Waals surface area contributed by atoms with Crippen LogP contribution in [0.2, 0.25) is 0 Å². The van der Waals surface area contributed by atoms with Gasteiger partial charge in [0.25, 0.3) is 11.5 Å². The van der Waals surface area contributed by atoms with Crippen molar-refractivity contribution < 1.29 is 9.90 Å². The molecule has 1 aromatic heterocycles. The highest BCUT2D eigenvalue weighted by Gasteiger charge is 2.12. The predicted octanol–water partition coefficient (Wildman–Crippen LogP) is 0.608. The minimum atomic E-state index is -0.592. The topological polar surface area (TPSA) is 107 Å². The number of carbonyl (C=O) groups excluding carboxylic acids is 1. The van der Waals surface area contributed by atoms with Crippen LogP contribution in [0.15, 0.2) is 34.2 Å². The lowest BCUT2D eigenvalue weighted by molar-refractivity contribution is -0.120. The molecule has 0 aliphatic rings. The van der Waals surface area contributed by atoms with Gasteiger partial charge in [0, 0.05) is 12.4 Å². The maximum absolute atomic E-state index is 12.2. The number of hydrazone groups is 1. The number of nitriles is 1. The van der Waals surface area contributed by atoms with Gasteiger partial charge in [-0.15, -0.1) is 0 Å². The first kappa shape index (κ1) is 14.3. The Hall–Kier alpha value is -3.14. The number of para-hydroxylation sites is 1. The molecule has 0 aliphatic carbocycles. The molecule has 0 fully saturated rings. The zero-order chi connectivity index (χ0) is 15.4. The first-order valence-electron chi connectivity index (χ1n) is 6.05. The van der Waals surface area contributed by atoms with Crippen LogP contribution in [0, 0.1) is 11.3 Å². The van der Waals surface area contributed by atoms with Crippen molar-refractivity contribution in [2.75, 3.05) is 0 Å². The molecule has 0 aliphatic heterocycles. The van der Waals surface area contributed by atoms with Gasteiger partial charge in [-0.05, 0) is 12.1 Å². The number of fused-ring (bicyclic) bond motifs is 1. The number of amides is 1. The van der Waals surface area contributed by atoms with E-state index in [1.807, 2.05) is 0 Å². The van der Waals surface area contributed by atoms with Crippen LogP contribution in [0.3, 0.4) is 0 Å². The van der Waals surface area contributed by atoms with Crippen LogP contribution in [-0.2, 0) is 11.8 Å². The maximum atomic E-state index is 12.2. The molecular formula is C14H12N4O3. The molecule has 0 saturated heterocycles. The summed E-state index contributed by atoms with van der Waals surface area (Å²) in [6.45, 7) is 0. The Bertz CT molecular complexity index is 830. The van der Waals surface area contributed by atoms with Gasteiger partial charge in [0.15, 0.2) is 0 Å². The van der Waals surface area contributed by atoms with Gasteiger partial charge in [-0.2, -0.15) is 10.4 Å². The van der Waals surface area contributed by atoms with E-state index in [1.165, 1.54) is 4.57 Å². The van der Waals surface area contributed by atoms with Gasteiger partial charge in [0.05, 0.1) is 17.8 Å². The molecule has 1 heterocycles. The number of aromatic hydroxyl groups is 1. The summed E-state index contributed by atoms with van der Waals surface area (Å²) < 4.78 is 1.38. The lowest BCUT2D eigenvalue weighted by atomic mass is 10.1. The Balaban J connectivity index is 2.46. The number of pyridine rings is 1. The van der Waals surface area contributed by atoms with Crippen molar-refractivity contribution in [1.82, 2.24) is 9.99 Å². The molecule has 2 N–H and O–H groups in total. The van der Waals surface area contributed by atoms with E-state index in [4.69, 9.17) is 5.26 Å². The third kappa shape index (κ3) is 2.74. The molecule has 0 atom stereocenters. The summed E-state index contributed by atoms with van der Waals surface area (Å²) in [5.74, 6) is -0.794. The van der Waals surface area contributed by atoms with Gasteiger partial charge >= 0.3 is 0 Å². The average Bonchev–Trinajstić information content (AvgIpc) is 2.49. The molecule has 1 amide bonds. The molecule has 1 aromatic carbocycles. The van der Waals surface area contributed by atoms with Gasteiger partial charge < -0.3 is 9.67 Å². The van der Waals surface area contributed by atoms with Crippen LogP contribution < -0.4 is 11.0 Å². The fraction of sp³-hybridized carbons (Fsp3) is 0.143. The number of nitrogens with zero attached hydrogens (tertiary/aromatic N) is 3. The summed E-state index contributed by atoms with van der Waals surface area (Å²) in [6, 6.07) is 8.56. The third-order valence-corrected chi connectivity index (χ3v) is 2.93. The van der Waals surface area contributed by atoms with Crippen LogP contribution in [0.4, 0.5) is 0 Å². The number of rotatable bonds is 3. The summed E-state index contributed by atoms with van der Waals surface area (Å²) in [5, 5.41) is 22.6. The summed E-state index contributed by atoms with van der Waals surface area (Å²) in [5.41, 5.74) is 2.22. The van der Waals surface area contributed by atoms with Crippen LogP contribution in [-0.4, -0.2) is 21.8 Å². The molecule has 7 heteroatoms. The standard InChI is InChI=1S/C14H12N4O3/c1-18-11-5-3-2-4-9(11)13(20)10(14(18)21)8-16-17-12(19)6-7-15/h2-5,8,20H,6H2,1H3,(H,17,19). The molecule has 0 saturated carbocycles. The van der Waals surface area contributed by atoms with E-state index < -0.39 is 11.5 Å². The molecule has 0 spiro atoms. The number of carbonyl (C=O) groups is 1. The van der Waals surface area contributed by atoms with Crippen LogP contribution in [0.25, 0.3) is 10.9 Å². The Morgan fingerprint density at radius 3 is 2.95 bits per heavy atom. The predicted molar refractivity (Wildman–Crippen MR) is 76.8 cm³/mol. The smallest absolute Gasteiger partial charge is 0.263 e. The fourth-order valence-corrected chi connectivity index (χ4v) is 1.90. The summed E-state index contributed by atoms with van der Waals surface area (Å²) in [4.78, 5) is 23.2. The van der Waals surface area contributed by atoms with E-state index in [2.05, 4.69) is 10.5 Å². The minimum Gasteiger partial charge on any atom is -0.506 e. The first-order chi connectivity index (χ1) is 10.1. The van der Waals surface area contributed by atoms with Crippen molar-refractivity contribution in [1.29, 1.82) is 5.26 Å². The van der Waals surface area contributed by atoms with Crippen molar-refractivity contribution in [2.24, 2.45) is 12.1 Å². The van der Waals surface area contributed by atoms with Gasteiger partial charge in [-0.25, -0.2) is 5.43 Å². The van der Waals surface area contributed by atoms with Crippen molar-refractivity contribution >= 4 is 23.0 Å². The van der Waals surface area contributed by atoms with E-state index in [-0.39, 0.29) is 17.7 Å². The number of aromatic nitrogens is 1. The fourth-order valence-electron chi connectivity index (χ4n) is 1.90. The average molecular weight is 284 g/mol. The number of hydrogen-bond donors (Lipinski definition) is 2. The number of nitrogens with one attached hydrogen (secondary N) is 1. The molecule has 2 aromatic rings. The molecule has 106 valence electrons. The largest absolute Gasteiger partial charge is 0.506 e. The Morgan fingerprint density at radius 2 is 2.24 bits per heavy atom. The molecule has 0 radical (unpaired) electrons. The van der Waals surface area contributed by atoms with Gasteiger partial charge in [0.2, 0.25) is 0 Å². The van der Waals surface area contributed by atoms with Gasteiger partial charge in [-0.3, -0.25) is 9.59 Å². The second-order valence-corrected chi connectivity index (χ2v) is 4.27. The second-order valence-electron chi connectivity index (χ2n) is 4.27. The van der Waals surface area contributed by atoms with E-state index in [0.29, 0.717) is 10.9 Å². The third-order valence-electron chi connectivity index (χ3n) is 2.93. The van der Waals surface area contributed by atoms with E-state index in [0.717, 1.165) is 6.21 Å². The maximum Gasteiger partial charge on any atom is 0.263 e. The van der Waals surface area contributed by atoms with Crippen LogP contribution in [0.1, 0.15) is 12.0 Å². The van der Waals surface area contributed by atoms with Gasteiger partial charge in [-0.1, -0.05) is 12.1 Å². The summed E-state index contributed by atoms with van der Waals surface area (Å²) in [6.07, 6.45) is 0.735. The number of benzene rings is 1. The number of hydrogen-bond acceptors (Lipinski definition) is 5. The lowest BCUT2D eigenvalue weighted by Crippen LogP contribution is -2.23. The highest BCUT2D eigenvalue weighted by molar-refractivity contribution is 5.95. The summed E-state index contributed by atoms with van der Waals surface area (Å²) in [7, 11) is 1.58. The molecule has 7 nitrogen and oxygen atoms in total. The van der Waals surface area contributed by atoms with Crippen molar-refractivity contribution in [3.8, 4) is 11.8 Å². The first-order valence-corrected chi connectivity index (χ1v) is 6.05. The summed E-state index contributed by atoms with van der Waals surface area (Å²) >= 11 is 0. The molecule has 2 rings (SSSR count). The Kier molecular flexibility index (Phi) is 4.00. The highest BCUT2D eigenvalue weighted by atomic mass is 16.3. The molecular weight excluding hydrogens is 272 g/mol. The zero-order valence-electron chi connectivity index (χ0n) is 11.2. The van der Waals surface area contributed by atoms with Crippen molar-refractivity contribution in [2.45, 2.75) is 6.42 Å². The Morgan fingerprint density at radius 1 is 1.52 bits per heavy atom. The molecule has 0 bridgehead atoms. The monoisotopic (exact) mass is 284 g/mol. The van der Waals surface area contributed by atoms with E-state index in [1.54, 1.807) is 37.4 Å². The van der Waals surface area contributed by atoms with Crippen LogP contribution in [0.5, 0.6) is 5.75 Å². The normalized spacial score (nSPS) is 10.7. The molecule has 0 unspecified atom stereocenters. The van der Waals surface area contributed by atoms with E-state index in [9.17, 15) is 14.7 Å². The zero-order valence-corrected chi connectivity index (χ0v) is 11.2. The van der Waals surface area contributed by atoms with Crippen molar-refractivity contribution in [3.05, 3.63) is 40.2 Å². The lowest BCUT2D eigenvalue weighted by Gasteiger charge is -2.08. The quantitative estimate of drug-likeness (QED) is 0.635. The van der Waals surface area contributed by atoms with Gasteiger partial charge in [0.1, 0.15) is 17.7 Å². The van der Waals surface area contributed by atoms with E-state index >= 15 is 0 Å². The van der Waals surface area contributed by atoms with Crippen molar-refractivity contribution in [3.63, 3.8) is 0 Å². The SMILES string of the molecule is Cn1c(=O)c(C=NNC(=O)CC#N)c(O)c2ccccc21. The number of aryl methyl sites for hydroxylation is 1. The minimum absolute atomic E-state index is 0.0338.